The molecule has 7 heavy (non-hydrogen) atoms. The summed E-state index contributed by atoms with van der Waals surface area (Å²) in [6.45, 7) is 0.265. The first-order valence-electron chi connectivity index (χ1n) is 2.16. The summed E-state index contributed by atoms with van der Waals surface area (Å²) >= 11 is 7.01. The Bertz CT molecular complexity index is 30.9. The Morgan fingerprint density at radius 1 is 1.43 bits per heavy atom. The topological polar surface area (TPSA) is 20.2 Å². The number of alkyl halides is 1. The van der Waals surface area contributed by atoms with Gasteiger partial charge in [0.1, 0.15) is 0 Å². The summed E-state index contributed by atoms with van der Waals surface area (Å²) in [4.78, 5) is 0. The van der Waals surface area contributed by atoms with Crippen LogP contribution in [-0.2, 0) is 0 Å². The van der Waals surface area contributed by atoms with Crippen molar-refractivity contribution in [1.82, 2.24) is 0 Å². The fourth-order valence-electron chi connectivity index (χ4n) is 0.221. The van der Waals surface area contributed by atoms with E-state index in [1.54, 1.807) is 11.8 Å². The summed E-state index contributed by atoms with van der Waals surface area (Å²) in [6, 6.07) is 0. The first kappa shape index (κ1) is 7.60. The highest BCUT2D eigenvalue weighted by atomic mass is 35.5. The summed E-state index contributed by atoms with van der Waals surface area (Å²) in [5.74, 6) is 2.44. The summed E-state index contributed by atoms with van der Waals surface area (Å²) < 4.78 is 0. The molecule has 0 aromatic rings. The molecule has 0 saturated heterocycles. The number of hydrogen-bond acceptors (Lipinski definition) is 2. The van der Waals surface area contributed by atoms with Crippen LogP contribution < -0.4 is 0 Å². The van der Waals surface area contributed by atoms with Crippen molar-refractivity contribution >= 4 is 23.4 Å². The van der Waals surface area contributed by atoms with Gasteiger partial charge >= 0.3 is 0 Å². The Morgan fingerprint density at radius 2 is 2.14 bits per heavy atom. The molecule has 0 aliphatic rings. The van der Waals surface area contributed by atoms with E-state index in [2.05, 4.69) is 0 Å². The number of aliphatic hydroxyl groups excluding tert-OH is 1. The fourth-order valence-corrected chi connectivity index (χ4v) is 0.991. The van der Waals surface area contributed by atoms with Crippen LogP contribution in [0.5, 0.6) is 0 Å². The van der Waals surface area contributed by atoms with Crippen LogP contribution in [0.1, 0.15) is 0 Å². The zero-order valence-electron chi connectivity index (χ0n) is 4.06. The third-order valence-electron chi connectivity index (χ3n) is 0.457. The lowest BCUT2D eigenvalue weighted by atomic mass is 10.9. The average molecular weight is 141 g/mol. The lowest BCUT2D eigenvalue weighted by molar-refractivity contribution is 0.322. The van der Waals surface area contributed by atoms with Gasteiger partial charge < -0.3 is 5.11 Å². The number of aliphatic hydroxyl groups is 1. The number of thioether (sulfide) groups is 1. The van der Waals surface area contributed by atoms with Crippen LogP contribution in [0.2, 0.25) is 0 Å². The Balaban J connectivity index is 2.45. The van der Waals surface area contributed by atoms with Crippen LogP contribution in [0.25, 0.3) is 0 Å². The molecule has 1 N–H and O–H groups in total. The van der Waals surface area contributed by atoms with Gasteiger partial charge in [0.25, 0.3) is 0 Å². The molecule has 3 heteroatoms. The zero-order valence-corrected chi connectivity index (χ0v) is 5.63. The molecule has 0 unspecified atom stereocenters. The second kappa shape index (κ2) is 6.60. The van der Waals surface area contributed by atoms with E-state index >= 15 is 0 Å². The Kier molecular flexibility index (Phi) is 7.17. The zero-order chi connectivity index (χ0) is 5.54. The number of rotatable bonds is 4. The third-order valence-corrected chi connectivity index (χ3v) is 1.83. The van der Waals surface area contributed by atoms with E-state index in [9.17, 15) is 0 Å². The molecule has 0 saturated carbocycles. The number of halogens is 1. The average Bonchev–Trinajstić information content (AvgIpc) is 1.69. The first-order chi connectivity index (χ1) is 3.41. The Hall–Kier alpha value is 0.600. The van der Waals surface area contributed by atoms with Crippen molar-refractivity contribution in [3.05, 3.63) is 0 Å². The van der Waals surface area contributed by atoms with Crippen LogP contribution in [0.3, 0.4) is 0 Å². The smallest absolute Gasteiger partial charge is 0.0521 e. The van der Waals surface area contributed by atoms with Crippen LogP contribution >= 0.6 is 23.4 Å². The van der Waals surface area contributed by atoms with E-state index in [0.29, 0.717) is 5.88 Å². The van der Waals surface area contributed by atoms with Crippen LogP contribution in [0, 0.1) is 0 Å². The fraction of sp³-hybridized carbons (Fsp3) is 1.00. The first-order valence-corrected chi connectivity index (χ1v) is 3.85. The molecule has 0 spiro atoms. The van der Waals surface area contributed by atoms with Gasteiger partial charge in [-0.05, 0) is 0 Å². The molecule has 0 aliphatic carbocycles. The summed E-state index contributed by atoms with van der Waals surface area (Å²) in [5.41, 5.74) is 0. The maximum Gasteiger partial charge on any atom is 0.0521 e. The van der Waals surface area contributed by atoms with Crippen molar-refractivity contribution in [2.75, 3.05) is 24.0 Å². The minimum Gasteiger partial charge on any atom is -0.396 e. The summed E-state index contributed by atoms with van der Waals surface area (Å²) in [5, 5.41) is 8.23. The normalized spacial score (nSPS) is 9.43. The van der Waals surface area contributed by atoms with Gasteiger partial charge in [0.2, 0.25) is 0 Å². The van der Waals surface area contributed by atoms with E-state index in [1.165, 1.54) is 0 Å². The molecule has 44 valence electrons. The molecule has 0 aromatic carbocycles. The van der Waals surface area contributed by atoms with Gasteiger partial charge in [0.05, 0.1) is 6.61 Å². The van der Waals surface area contributed by atoms with Crippen molar-refractivity contribution in [1.29, 1.82) is 0 Å². The molecule has 0 amide bonds. The SMILES string of the molecule is OCCSCCCl. The highest BCUT2D eigenvalue weighted by Gasteiger charge is 1.81. The summed E-state index contributed by atoms with van der Waals surface area (Å²) in [7, 11) is 0. The van der Waals surface area contributed by atoms with Crippen molar-refractivity contribution in [3.63, 3.8) is 0 Å². The number of hydrogen-bond donors (Lipinski definition) is 1. The van der Waals surface area contributed by atoms with Crippen LogP contribution in [-0.4, -0.2) is 29.1 Å². The van der Waals surface area contributed by atoms with Gasteiger partial charge in [-0.3, -0.25) is 0 Å². The molecule has 1 nitrogen and oxygen atoms in total. The quantitative estimate of drug-likeness (QED) is 0.464. The minimum absolute atomic E-state index is 0.265. The molecular weight excluding hydrogens is 132 g/mol. The van der Waals surface area contributed by atoms with E-state index in [-0.39, 0.29) is 6.61 Å². The Labute approximate surface area is 53.1 Å². The van der Waals surface area contributed by atoms with E-state index in [4.69, 9.17) is 16.7 Å². The van der Waals surface area contributed by atoms with Gasteiger partial charge in [0, 0.05) is 17.4 Å². The predicted molar refractivity (Wildman–Crippen MR) is 35.1 cm³/mol. The molecule has 0 bridgehead atoms. The predicted octanol–water partition coefficient (Wildman–Crippen LogP) is 0.951. The largest absolute Gasteiger partial charge is 0.396 e. The van der Waals surface area contributed by atoms with E-state index in [0.717, 1.165) is 11.5 Å². The van der Waals surface area contributed by atoms with Crippen LogP contribution in [0.15, 0.2) is 0 Å². The highest BCUT2D eigenvalue weighted by Crippen LogP contribution is 1.97. The third kappa shape index (κ3) is 6.60. The molecule has 0 atom stereocenters. The van der Waals surface area contributed by atoms with Gasteiger partial charge in [-0.15, -0.1) is 11.6 Å². The molecule has 0 aliphatic heterocycles. The van der Waals surface area contributed by atoms with Crippen molar-refractivity contribution in [3.8, 4) is 0 Å². The second-order valence-corrected chi connectivity index (χ2v) is 2.63. The lowest BCUT2D eigenvalue weighted by Crippen LogP contribution is -1.87. The van der Waals surface area contributed by atoms with Gasteiger partial charge in [-0.2, -0.15) is 11.8 Å². The second-order valence-electron chi connectivity index (χ2n) is 1.02. The summed E-state index contributed by atoms with van der Waals surface area (Å²) in [6.07, 6.45) is 0. The monoisotopic (exact) mass is 140 g/mol. The van der Waals surface area contributed by atoms with Gasteiger partial charge in [-0.1, -0.05) is 0 Å². The minimum atomic E-state index is 0.265. The van der Waals surface area contributed by atoms with Gasteiger partial charge in [-0.25, -0.2) is 0 Å². The van der Waals surface area contributed by atoms with Crippen molar-refractivity contribution < 1.29 is 5.11 Å². The molecule has 0 rings (SSSR count). The van der Waals surface area contributed by atoms with Gasteiger partial charge in [0.15, 0.2) is 0 Å². The molecular formula is C4H9ClOS. The molecule has 0 radical (unpaired) electrons. The molecule has 0 fully saturated rings. The maximum absolute atomic E-state index is 8.23. The van der Waals surface area contributed by atoms with Crippen LogP contribution in [0.4, 0.5) is 0 Å². The van der Waals surface area contributed by atoms with E-state index in [1.807, 2.05) is 0 Å². The highest BCUT2D eigenvalue weighted by molar-refractivity contribution is 7.99. The lowest BCUT2D eigenvalue weighted by Gasteiger charge is -1.90. The van der Waals surface area contributed by atoms with Crippen molar-refractivity contribution in [2.24, 2.45) is 0 Å². The van der Waals surface area contributed by atoms with Crippen molar-refractivity contribution in [2.45, 2.75) is 0 Å². The van der Waals surface area contributed by atoms with E-state index < -0.39 is 0 Å². The Morgan fingerprint density at radius 3 is 2.57 bits per heavy atom. The molecule has 0 aromatic heterocycles. The molecule has 0 heterocycles. The maximum atomic E-state index is 8.23. The standard InChI is InChI=1S/C4H9ClOS/c5-1-3-7-4-2-6/h6H,1-4H2.